The maximum atomic E-state index is 11.6. The number of methoxy groups -OCH3 is 1. The lowest BCUT2D eigenvalue weighted by atomic mass is 10.2. The summed E-state index contributed by atoms with van der Waals surface area (Å²) in [5.41, 5.74) is 5.45. The van der Waals surface area contributed by atoms with Gasteiger partial charge < -0.3 is 15.4 Å². The smallest absolute Gasteiger partial charge is 0.224 e. The molecule has 1 amide bonds. The van der Waals surface area contributed by atoms with Crippen LogP contribution in [0.1, 0.15) is 19.3 Å². The quantitative estimate of drug-likeness (QED) is 0.737. The standard InChI is InChI=1S/C10H20N2O2.ClH/c1-12(7-8-3-4-8)10(13)5-9(6-11)14-2;/h8-9H,3-7,11H2,1-2H3;1H. The molecular formula is C10H21ClN2O2. The van der Waals surface area contributed by atoms with E-state index in [1.54, 1.807) is 12.0 Å². The number of carbonyl (C=O) groups is 1. The Kier molecular flexibility index (Phi) is 6.89. The van der Waals surface area contributed by atoms with E-state index >= 15 is 0 Å². The molecule has 4 nitrogen and oxygen atoms in total. The minimum Gasteiger partial charge on any atom is -0.380 e. The van der Waals surface area contributed by atoms with Gasteiger partial charge >= 0.3 is 0 Å². The highest BCUT2D eigenvalue weighted by molar-refractivity contribution is 5.85. The van der Waals surface area contributed by atoms with Gasteiger partial charge in [0.2, 0.25) is 5.91 Å². The molecular weight excluding hydrogens is 216 g/mol. The van der Waals surface area contributed by atoms with Crippen LogP contribution in [0.25, 0.3) is 0 Å². The Morgan fingerprint density at radius 1 is 1.60 bits per heavy atom. The second-order valence-electron chi connectivity index (χ2n) is 4.02. The fraction of sp³-hybridized carbons (Fsp3) is 0.900. The van der Waals surface area contributed by atoms with Crippen LogP contribution in [0.4, 0.5) is 0 Å². The van der Waals surface area contributed by atoms with Crippen LogP contribution in [0, 0.1) is 5.92 Å². The summed E-state index contributed by atoms with van der Waals surface area (Å²) in [4.78, 5) is 13.4. The van der Waals surface area contributed by atoms with Gasteiger partial charge in [0.05, 0.1) is 12.5 Å². The van der Waals surface area contributed by atoms with Gasteiger partial charge in [0.1, 0.15) is 0 Å². The molecule has 1 aliphatic carbocycles. The maximum absolute atomic E-state index is 11.6. The van der Waals surface area contributed by atoms with Crippen LogP contribution in [-0.4, -0.2) is 44.2 Å². The zero-order valence-corrected chi connectivity index (χ0v) is 10.3. The number of ether oxygens (including phenoxy) is 1. The third-order valence-electron chi connectivity index (χ3n) is 2.65. The molecule has 0 saturated heterocycles. The van der Waals surface area contributed by atoms with Gasteiger partial charge in [-0.15, -0.1) is 12.4 Å². The van der Waals surface area contributed by atoms with E-state index in [1.807, 2.05) is 7.05 Å². The lowest BCUT2D eigenvalue weighted by molar-refractivity contribution is -0.132. The maximum Gasteiger partial charge on any atom is 0.224 e. The molecule has 90 valence electrons. The number of nitrogens with two attached hydrogens (primary N) is 1. The average molecular weight is 237 g/mol. The molecule has 0 aromatic heterocycles. The van der Waals surface area contributed by atoms with E-state index in [1.165, 1.54) is 12.8 Å². The van der Waals surface area contributed by atoms with Gasteiger partial charge in [-0.25, -0.2) is 0 Å². The van der Waals surface area contributed by atoms with E-state index in [4.69, 9.17) is 10.5 Å². The van der Waals surface area contributed by atoms with Crippen molar-refractivity contribution in [3.8, 4) is 0 Å². The molecule has 0 spiro atoms. The first-order chi connectivity index (χ1) is 6.67. The molecule has 1 aliphatic rings. The number of rotatable bonds is 6. The summed E-state index contributed by atoms with van der Waals surface area (Å²) in [5.74, 6) is 0.872. The van der Waals surface area contributed by atoms with E-state index in [0.717, 1.165) is 12.5 Å². The van der Waals surface area contributed by atoms with Gasteiger partial charge in [-0.05, 0) is 18.8 Å². The van der Waals surface area contributed by atoms with Crippen LogP contribution >= 0.6 is 12.4 Å². The summed E-state index contributed by atoms with van der Waals surface area (Å²) in [6.07, 6.45) is 2.80. The minimum absolute atomic E-state index is 0. The summed E-state index contributed by atoms with van der Waals surface area (Å²) in [5, 5.41) is 0. The van der Waals surface area contributed by atoms with E-state index in [-0.39, 0.29) is 24.4 Å². The van der Waals surface area contributed by atoms with E-state index in [0.29, 0.717) is 13.0 Å². The van der Waals surface area contributed by atoms with Gasteiger partial charge in [0.15, 0.2) is 0 Å². The Bertz CT molecular complexity index is 194. The van der Waals surface area contributed by atoms with Gasteiger partial charge in [-0.1, -0.05) is 0 Å². The molecule has 1 atom stereocenters. The van der Waals surface area contributed by atoms with Gasteiger partial charge in [0.25, 0.3) is 0 Å². The van der Waals surface area contributed by atoms with Crippen molar-refractivity contribution in [2.75, 3.05) is 27.2 Å². The predicted octanol–water partition coefficient (Wildman–Crippen LogP) is 0.640. The second kappa shape index (κ2) is 7.04. The van der Waals surface area contributed by atoms with Crippen molar-refractivity contribution < 1.29 is 9.53 Å². The normalized spacial score (nSPS) is 16.7. The molecule has 0 aromatic rings. The zero-order chi connectivity index (χ0) is 10.6. The Morgan fingerprint density at radius 2 is 2.20 bits per heavy atom. The van der Waals surface area contributed by atoms with Crippen LogP contribution in [0.5, 0.6) is 0 Å². The number of hydrogen-bond donors (Lipinski definition) is 1. The summed E-state index contributed by atoms with van der Waals surface area (Å²) < 4.78 is 5.07. The predicted molar refractivity (Wildman–Crippen MR) is 62.1 cm³/mol. The van der Waals surface area contributed by atoms with Gasteiger partial charge in [-0.2, -0.15) is 0 Å². The Labute approximate surface area is 97.5 Å². The molecule has 0 heterocycles. The molecule has 1 fully saturated rings. The van der Waals surface area contributed by atoms with Crippen LogP contribution in [0.3, 0.4) is 0 Å². The van der Waals surface area contributed by atoms with Crippen molar-refractivity contribution in [2.24, 2.45) is 11.7 Å². The fourth-order valence-corrected chi connectivity index (χ4v) is 1.40. The second-order valence-corrected chi connectivity index (χ2v) is 4.02. The first kappa shape index (κ1) is 14.7. The summed E-state index contributed by atoms with van der Waals surface area (Å²) in [7, 11) is 3.44. The SMILES string of the molecule is COC(CN)CC(=O)N(C)CC1CC1.Cl. The van der Waals surface area contributed by atoms with E-state index < -0.39 is 0 Å². The highest BCUT2D eigenvalue weighted by Crippen LogP contribution is 2.29. The first-order valence-corrected chi connectivity index (χ1v) is 5.14. The molecule has 1 saturated carbocycles. The van der Waals surface area contributed by atoms with Crippen LogP contribution < -0.4 is 5.73 Å². The Morgan fingerprint density at radius 3 is 2.60 bits per heavy atom. The first-order valence-electron chi connectivity index (χ1n) is 5.14. The molecule has 1 rings (SSSR count). The van der Waals surface area contributed by atoms with Crippen molar-refractivity contribution >= 4 is 18.3 Å². The monoisotopic (exact) mass is 236 g/mol. The van der Waals surface area contributed by atoms with Crippen molar-refractivity contribution in [3.63, 3.8) is 0 Å². The van der Waals surface area contributed by atoms with Crippen LogP contribution in [-0.2, 0) is 9.53 Å². The number of nitrogens with zero attached hydrogens (tertiary/aromatic N) is 1. The number of amides is 1. The fourth-order valence-electron chi connectivity index (χ4n) is 1.40. The Hall–Kier alpha value is -0.320. The molecule has 0 aliphatic heterocycles. The van der Waals surface area contributed by atoms with E-state index in [9.17, 15) is 4.79 Å². The lowest BCUT2D eigenvalue weighted by Gasteiger charge is -2.19. The molecule has 0 radical (unpaired) electrons. The highest BCUT2D eigenvalue weighted by Gasteiger charge is 2.25. The third kappa shape index (κ3) is 5.35. The van der Waals surface area contributed by atoms with Crippen molar-refractivity contribution in [1.82, 2.24) is 4.90 Å². The van der Waals surface area contributed by atoms with Crippen LogP contribution in [0.2, 0.25) is 0 Å². The van der Waals surface area contributed by atoms with Crippen LogP contribution in [0.15, 0.2) is 0 Å². The molecule has 0 bridgehead atoms. The minimum atomic E-state index is -0.135. The van der Waals surface area contributed by atoms with Gasteiger partial charge in [-0.3, -0.25) is 4.79 Å². The third-order valence-corrected chi connectivity index (χ3v) is 2.65. The lowest BCUT2D eigenvalue weighted by Crippen LogP contribution is -2.34. The molecule has 2 N–H and O–H groups in total. The summed E-state index contributed by atoms with van der Waals surface area (Å²) in [6, 6.07) is 0. The molecule has 1 unspecified atom stereocenters. The summed E-state index contributed by atoms with van der Waals surface area (Å²) in [6.45, 7) is 1.29. The number of halogens is 1. The largest absolute Gasteiger partial charge is 0.380 e. The zero-order valence-electron chi connectivity index (χ0n) is 9.44. The number of carbonyl (C=O) groups excluding carboxylic acids is 1. The molecule has 0 aromatic carbocycles. The Balaban J connectivity index is 0.00000196. The molecule has 5 heteroatoms. The van der Waals surface area contributed by atoms with Crippen molar-refractivity contribution in [3.05, 3.63) is 0 Å². The van der Waals surface area contributed by atoms with Gasteiger partial charge in [0, 0.05) is 27.2 Å². The highest BCUT2D eigenvalue weighted by atomic mass is 35.5. The average Bonchev–Trinajstić information content (AvgIpc) is 2.97. The number of hydrogen-bond acceptors (Lipinski definition) is 3. The topological polar surface area (TPSA) is 55.6 Å². The molecule has 15 heavy (non-hydrogen) atoms. The van der Waals surface area contributed by atoms with E-state index in [2.05, 4.69) is 0 Å². The van der Waals surface area contributed by atoms with Crippen molar-refractivity contribution in [2.45, 2.75) is 25.4 Å². The summed E-state index contributed by atoms with van der Waals surface area (Å²) >= 11 is 0. The van der Waals surface area contributed by atoms with Crippen molar-refractivity contribution in [1.29, 1.82) is 0 Å².